The van der Waals surface area contributed by atoms with Crippen molar-refractivity contribution in [2.75, 3.05) is 13.2 Å². The Morgan fingerprint density at radius 1 is 0.735 bits per heavy atom. The molecule has 0 saturated carbocycles. The van der Waals surface area contributed by atoms with E-state index in [4.69, 9.17) is 9.47 Å². The van der Waals surface area contributed by atoms with Crippen LogP contribution >= 0.6 is 0 Å². The summed E-state index contributed by atoms with van der Waals surface area (Å²) in [6.07, 6.45) is 24.4. The zero-order valence-corrected chi connectivity index (χ0v) is 31.4. The molecule has 0 radical (unpaired) electrons. The predicted molar refractivity (Wildman–Crippen MR) is 198 cm³/mol. The summed E-state index contributed by atoms with van der Waals surface area (Å²) in [5.74, 6) is -0.189. The van der Waals surface area contributed by atoms with Gasteiger partial charge in [-0.1, -0.05) is 147 Å². The number of hydrogen-bond donors (Lipinski definition) is 6. The predicted octanol–water partition coefficient (Wildman–Crippen LogP) is 7.16. The lowest BCUT2D eigenvalue weighted by Gasteiger charge is -2.40. The van der Waals surface area contributed by atoms with Gasteiger partial charge in [-0.3, -0.25) is 4.79 Å². The first-order valence-corrected chi connectivity index (χ1v) is 20.0. The number of allylic oxidation sites excluding steroid dienone is 3. The number of aliphatic hydroxyl groups excluding tert-OH is 5. The normalized spacial score (nSPS) is 22.9. The van der Waals surface area contributed by atoms with Gasteiger partial charge in [0.25, 0.3) is 0 Å². The molecule has 49 heavy (non-hydrogen) atoms. The maximum absolute atomic E-state index is 12.9. The minimum Gasteiger partial charge on any atom is -0.394 e. The number of amides is 1. The molecule has 7 atom stereocenters. The molecule has 1 aliphatic heterocycles. The molecule has 0 spiro atoms. The zero-order valence-electron chi connectivity index (χ0n) is 31.4. The van der Waals surface area contributed by atoms with Crippen molar-refractivity contribution in [2.45, 2.75) is 211 Å². The van der Waals surface area contributed by atoms with Gasteiger partial charge < -0.3 is 40.3 Å². The summed E-state index contributed by atoms with van der Waals surface area (Å²) < 4.78 is 11.2. The van der Waals surface area contributed by atoms with E-state index in [-0.39, 0.29) is 12.5 Å². The highest BCUT2D eigenvalue weighted by Gasteiger charge is 2.44. The smallest absolute Gasteiger partial charge is 0.220 e. The van der Waals surface area contributed by atoms with Crippen LogP contribution in [0.15, 0.2) is 23.8 Å². The molecule has 9 heteroatoms. The lowest BCUT2D eigenvalue weighted by atomic mass is 9.99. The Kier molecular flexibility index (Phi) is 28.3. The van der Waals surface area contributed by atoms with Crippen molar-refractivity contribution in [1.29, 1.82) is 0 Å². The van der Waals surface area contributed by atoms with Crippen molar-refractivity contribution in [3.63, 3.8) is 0 Å². The highest BCUT2D eigenvalue weighted by atomic mass is 16.7. The largest absolute Gasteiger partial charge is 0.394 e. The Hall–Kier alpha value is -1.33. The highest BCUT2D eigenvalue weighted by Crippen LogP contribution is 2.22. The van der Waals surface area contributed by atoms with E-state index in [1.807, 2.05) is 6.08 Å². The van der Waals surface area contributed by atoms with E-state index < -0.39 is 49.5 Å². The summed E-state index contributed by atoms with van der Waals surface area (Å²) in [4.78, 5) is 12.9. The van der Waals surface area contributed by atoms with Crippen molar-refractivity contribution in [2.24, 2.45) is 0 Å². The number of aliphatic hydroxyl groups is 5. The van der Waals surface area contributed by atoms with E-state index in [2.05, 4.69) is 32.2 Å². The van der Waals surface area contributed by atoms with E-state index in [0.717, 1.165) is 38.5 Å². The van der Waals surface area contributed by atoms with Gasteiger partial charge in [-0.2, -0.15) is 0 Å². The van der Waals surface area contributed by atoms with E-state index in [1.54, 1.807) is 6.08 Å². The summed E-state index contributed by atoms with van der Waals surface area (Å²) in [6, 6.07) is -0.817. The minimum atomic E-state index is -1.57. The van der Waals surface area contributed by atoms with Gasteiger partial charge in [0.2, 0.25) is 5.91 Å². The van der Waals surface area contributed by atoms with Crippen molar-refractivity contribution >= 4 is 5.91 Å². The van der Waals surface area contributed by atoms with Gasteiger partial charge in [0.15, 0.2) is 6.29 Å². The highest BCUT2D eigenvalue weighted by molar-refractivity contribution is 5.76. The second-order valence-electron chi connectivity index (χ2n) is 14.3. The second-order valence-corrected chi connectivity index (χ2v) is 14.3. The fourth-order valence-electron chi connectivity index (χ4n) is 6.29. The molecule has 288 valence electrons. The standard InChI is InChI=1S/C40H75NO8/c1-4-6-8-10-12-13-14-15-16-17-18-20-25-29-36(44)41-33(31-48-40-39(47)38(46)37(45)35(30-42)49-40)34(43)28-24-21-23-27-32(3)26-22-19-11-9-7-5-2/h24,27-28,33-35,37-40,42-43,45-47H,4-23,25-26,29-31H2,1-3H3,(H,41,44)/b28-24+,32-27+/t33-,34+,35+,37+,38-,39+,40-/m1/s1. The number of carbonyl (C=O) groups is 1. The Morgan fingerprint density at radius 3 is 1.78 bits per heavy atom. The third-order valence-electron chi connectivity index (χ3n) is 9.64. The maximum atomic E-state index is 12.9. The monoisotopic (exact) mass is 698 g/mol. The van der Waals surface area contributed by atoms with Gasteiger partial charge in [-0.25, -0.2) is 0 Å². The molecular formula is C40H75NO8. The van der Waals surface area contributed by atoms with Crippen molar-refractivity contribution in [1.82, 2.24) is 5.32 Å². The number of unbranched alkanes of at least 4 members (excludes halogenated alkanes) is 18. The zero-order chi connectivity index (χ0) is 36.1. The van der Waals surface area contributed by atoms with Gasteiger partial charge in [0.05, 0.1) is 25.4 Å². The van der Waals surface area contributed by atoms with Crippen LogP contribution in [0.25, 0.3) is 0 Å². The van der Waals surface area contributed by atoms with Crippen molar-refractivity contribution < 1.29 is 39.8 Å². The fourth-order valence-corrected chi connectivity index (χ4v) is 6.29. The summed E-state index contributed by atoms with van der Waals surface area (Å²) in [7, 11) is 0. The molecule has 0 aliphatic carbocycles. The van der Waals surface area contributed by atoms with Gasteiger partial charge in [0, 0.05) is 6.42 Å². The minimum absolute atomic E-state index is 0.189. The SMILES string of the molecule is CCCCCCCCCCCCCCCC(=O)N[C@H](CO[C@@H]1O[C@@H](CO)[C@H](O)[C@@H](O)[C@@H]1O)[C@@H](O)/C=C/CC/C=C(\C)CCCCCCCC. The van der Waals surface area contributed by atoms with Crippen LogP contribution in [-0.4, -0.2) is 87.5 Å². The summed E-state index contributed by atoms with van der Waals surface area (Å²) in [5, 5.41) is 54.0. The van der Waals surface area contributed by atoms with Crippen LogP contribution in [0.4, 0.5) is 0 Å². The third-order valence-corrected chi connectivity index (χ3v) is 9.64. The topological polar surface area (TPSA) is 149 Å². The van der Waals surface area contributed by atoms with Gasteiger partial charge in [0.1, 0.15) is 24.4 Å². The molecule has 1 rings (SSSR count). The molecule has 1 fully saturated rings. The molecular weight excluding hydrogens is 622 g/mol. The molecule has 1 amide bonds. The van der Waals surface area contributed by atoms with E-state index in [0.29, 0.717) is 6.42 Å². The molecule has 1 aliphatic rings. The van der Waals surface area contributed by atoms with Crippen LogP contribution in [0, 0.1) is 0 Å². The number of hydrogen-bond acceptors (Lipinski definition) is 8. The van der Waals surface area contributed by atoms with E-state index >= 15 is 0 Å². The first-order chi connectivity index (χ1) is 23.7. The van der Waals surface area contributed by atoms with Gasteiger partial charge >= 0.3 is 0 Å². The van der Waals surface area contributed by atoms with Gasteiger partial charge in [-0.15, -0.1) is 0 Å². The average Bonchev–Trinajstić information content (AvgIpc) is 3.09. The van der Waals surface area contributed by atoms with Crippen LogP contribution in [0.2, 0.25) is 0 Å². The second kappa shape index (κ2) is 30.3. The number of ether oxygens (including phenoxy) is 2. The lowest BCUT2D eigenvalue weighted by molar-refractivity contribution is -0.302. The molecule has 0 unspecified atom stereocenters. The van der Waals surface area contributed by atoms with E-state index in [9.17, 15) is 30.3 Å². The van der Waals surface area contributed by atoms with Crippen molar-refractivity contribution in [3.05, 3.63) is 23.8 Å². The number of nitrogens with one attached hydrogen (secondary N) is 1. The summed E-state index contributed by atoms with van der Waals surface area (Å²) in [5.41, 5.74) is 1.38. The number of carbonyl (C=O) groups excluding carboxylic acids is 1. The van der Waals surface area contributed by atoms with E-state index in [1.165, 1.54) is 108 Å². The first-order valence-electron chi connectivity index (χ1n) is 20.0. The molecule has 0 aromatic carbocycles. The molecule has 9 nitrogen and oxygen atoms in total. The van der Waals surface area contributed by atoms with Gasteiger partial charge in [-0.05, 0) is 39.0 Å². The molecule has 0 aromatic rings. The Balaban J connectivity index is 2.52. The quantitative estimate of drug-likeness (QED) is 0.0330. The molecule has 6 N–H and O–H groups in total. The lowest BCUT2D eigenvalue weighted by Crippen LogP contribution is -2.60. The molecule has 0 bridgehead atoms. The molecule has 1 saturated heterocycles. The maximum Gasteiger partial charge on any atom is 0.220 e. The van der Waals surface area contributed by atoms with Crippen LogP contribution in [0.1, 0.15) is 168 Å². The fraction of sp³-hybridized carbons (Fsp3) is 0.875. The Bertz CT molecular complexity index is 850. The van der Waals surface area contributed by atoms with Crippen LogP contribution in [-0.2, 0) is 14.3 Å². The first kappa shape index (κ1) is 45.7. The Morgan fingerprint density at radius 2 is 1.24 bits per heavy atom. The van der Waals surface area contributed by atoms with Crippen LogP contribution < -0.4 is 5.32 Å². The van der Waals surface area contributed by atoms with Crippen molar-refractivity contribution in [3.8, 4) is 0 Å². The summed E-state index contributed by atoms with van der Waals surface area (Å²) in [6.45, 7) is 5.88. The third kappa shape index (κ3) is 22.3. The summed E-state index contributed by atoms with van der Waals surface area (Å²) >= 11 is 0. The molecule has 1 heterocycles. The number of rotatable bonds is 31. The van der Waals surface area contributed by atoms with Crippen LogP contribution in [0.5, 0.6) is 0 Å². The average molecular weight is 698 g/mol. The molecule has 0 aromatic heterocycles. The van der Waals surface area contributed by atoms with Crippen LogP contribution in [0.3, 0.4) is 0 Å². The Labute approximate surface area is 298 Å².